The van der Waals surface area contributed by atoms with E-state index in [4.69, 9.17) is 0 Å². The summed E-state index contributed by atoms with van der Waals surface area (Å²) in [6, 6.07) is 11.1. The summed E-state index contributed by atoms with van der Waals surface area (Å²) in [6.45, 7) is 1.29. The standard InChI is InChI=1S/C16H18N6O/c1-21-12-18-15(20-21)13-5-4-6-14(11-13)19-16(23)17-7-10-22-8-2-3-9-22/h2-6,8-9,11-12H,7,10H2,1H3,(H2,17,19,23). The molecule has 2 aromatic heterocycles. The summed E-state index contributed by atoms with van der Waals surface area (Å²) in [4.78, 5) is 16.1. The topological polar surface area (TPSA) is 76.8 Å². The van der Waals surface area contributed by atoms with Crippen LogP contribution in [0.4, 0.5) is 10.5 Å². The van der Waals surface area contributed by atoms with Gasteiger partial charge in [-0.15, -0.1) is 0 Å². The van der Waals surface area contributed by atoms with Crippen LogP contribution in [0.25, 0.3) is 11.4 Å². The van der Waals surface area contributed by atoms with Crippen LogP contribution >= 0.6 is 0 Å². The van der Waals surface area contributed by atoms with Gasteiger partial charge in [0, 0.05) is 43.8 Å². The third-order valence-electron chi connectivity index (χ3n) is 3.30. The number of rotatable bonds is 5. The first-order valence-electron chi connectivity index (χ1n) is 7.32. The number of nitrogens with one attached hydrogen (secondary N) is 2. The third kappa shape index (κ3) is 3.97. The summed E-state index contributed by atoms with van der Waals surface area (Å²) in [5.74, 6) is 0.629. The Hall–Kier alpha value is -3.09. The first-order valence-corrected chi connectivity index (χ1v) is 7.32. The number of benzene rings is 1. The smallest absolute Gasteiger partial charge is 0.319 e. The fourth-order valence-corrected chi connectivity index (χ4v) is 2.20. The Morgan fingerprint density at radius 1 is 1.22 bits per heavy atom. The summed E-state index contributed by atoms with van der Waals surface area (Å²) >= 11 is 0. The van der Waals surface area contributed by atoms with E-state index in [9.17, 15) is 4.79 Å². The van der Waals surface area contributed by atoms with Gasteiger partial charge in [0.05, 0.1) is 0 Å². The molecule has 2 heterocycles. The first kappa shape index (κ1) is 14.8. The fraction of sp³-hybridized carbons (Fsp3) is 0.188. The molecule has 0 aliphatic heterocycles. The summed E-state index contributed by atoms with van der Waals surface area (Å²) in [7, 11) is 1.82. The normalized spacial score (nSPS) is 10.5. The molecule has 7 heteroatoms. The lowest BCUT2D eigenvalue weighted by Gasteiger charge is -2.09. The van der Waals surface area contributed by atoms with Gasteiger partial charge in [-0.25, -0.2) is 9.78 Å². The number of nitrogens with zero attached hydrogens (tertiary/aromatic N) is 4. The van der Waals surface area contributed by atoms with Crippen LogP contribution in [0.1, 0.15) is 0 Å². The average Bonchev–Trinajstić information content (AvgIpc) is 3.19. The van der Waals surface area contributed by atoms with Crippen molar-refractivity contribution in [1.82, 2.24) is 24.6 Å². The number of carbonyl (C=O) groups excluding carboxylic acids is 1. The van der Waals surface area contributed by atoms with Crippen molar-refractivity contribution >= 4 is 11.7 Å². The van der Waals surface area contributed by atoms with E-state index >= 15 is 0 Å². The molecule has 0 saturated heterocycles. The zero-order chi connectivity index (χ0) is 16.1. The number of hydrogen-bond acceptors (Lipinski definition) is 3. The molecule has 0 fully saturated rings. The van der Waals surface area contributed by atoms with Gasteiger partial charge < -0.3 is 15.2 Å². The number of urea groups is 1. The van der Waals surface area contributed by atoms with Gasteiger partial charge in [-0.2, -0.15) is 5.10 Å². The van der Waals surface area contributed by atoms with Crippen LogP contribution < -0.4 is 10.6 Å². The molecule has 1 aromatic carbocycles. The quantitative estimate of drug-likeness (QED) is 0.757. The molecule has 3 aromatic rings. The highest BCUT2D eigenvalue weighted by molar-refractivity contribution is 5.89. The lowest BCUT2D eigenvalue weighted by atomic mass is 10.2. The summed E-state index contributed by atoms with van der Waals surface area (Å²) in [5, 5.41) is 9.90. The minimum atomic E-state index is -0.233. The van der Waals surface area contributed by atoms with Gasteiger partial charge in [-0.1, -0.05) is 12.1 Å². The maximum Gasteiger partial charge on any atom is 0.319 e. The van der Waals surface area contributed by atoms with Crippen molar-refractivity contribution in [1.29, 1.82) is 0 Å². The van der Waals surface area contributed by atoms with Gasteiger partial charge in [-0.05, 0) is 24.3 Å². The monoisotopic (exact) mass is 310 g/mol. The van der Waals surface area contributed by atoms with Gasteiger partial charge >= 0.3 is 6.03 Å². The maximum absolute atomic E-state index is 11.9. The molecule has 23 heavy (non-hydrogen) atoms. The Balaban J connectivity index is 1.56. The van der Waals surface area contributed by atoms with Crippen LogP contribution in [0, 0.1) is 0 Å². The van der Waals surface area contributed by atoms with E-state index in [0.717, 1.165) is 12.1 Å². The second kappa shape index (κ2) is 6.78. The molecule has 0 spiro atoms. The lowest BCUT2D eigenvalue weighted by molar-refractivity contribution is 0.251. The van der Waals surface area contributed by atoms with E-state index < -0.39 is 0 Å². The molecule has 2 N–H and O–H groups in total. The third-order valence-corrected chi connectivity index (χ3v) is 3.30. The van der Waals surface area contributed by atoms with Crippen LogP contribution in [0.15, 0.2) is 55.1 Å². The molecule has 0 aliphatic rings. The SMILES string of the molecule is Cn1cnc(-c2cccc(NC(=O)NCCn3cccc3)c2)n1. The van der Waals surface area contributed by atoms with Crippen LogP contribution in [0.3, 0.4) is 0 Å². The number of aryl methyl sites for hydroxylation is 1. The van der Waals surface area contributed by atoms with Crippen LogP contribution in [0.2, 0.25) is 0 Å². The molecule has 0 saturated carbocycles. The molecule has 118 valence electrons. The highest BCUT2D eigenvalue weighted by Crippen LogP contribution is 2.18. The molecule has 0 atom stereocenters. The zero-order valence-electron chi connectivity index (χ0n) is 12.8. The summed E-state index contributed by atoms with van der Waals surface area (Å²) in [5.41, 5.74) is 1.56. The number of amides is 2. The van der Waals surface area contributed by atoms with E-state index in [1.807, 2.05) is 60.4 Å². The molecule has 7 nitrogen and oxygen atoms in total. The van der Waals surface area contributed by atoms with Gasteiger partial charge in [0.25, 0.3) is 0 Å². The van der Waals surface area contributed by atoms with Crippen molar-refractivity contribution in [2.75, 3.05) is 11.9 Å². The molecule has 2 amide bonds. The van der Waals surface area contributed by atoms with Gasteiger partial charge in [0.15, 0.2) is 5.82 Å². The number of aromatic nitrogens is 4. The molecular formula is C16H18N6O. The van der Waals surface area contributed by atoms with E-state index in [0.29, 0.717) is 18.1 Å². The second-order valence-corrected chi connectivity index (χ2v) is 5.12. The van der Waals surface area contributed by atoms with Gasteiger partial charge in [0.2, 0.25) is 0 Å². The van der Waals surface area contributed by atoms with E-state index in [-0.39, 0.29) is 6.03 Å². The second-order valence-electron chi connectivity index (χ2n) is 5.12. The first-order chi connectivity index (χ1) is 11.2. The van der Waals surface area contributed by atoms with Crippen LogP contribution in [-0.2, 0) is 13.6 Å². The Labute approximate surface area is 134 Å². The fourth-order valence-electron chi connectivity index (χ4n) is 2.20. The molecule has 0 unspecified atom stereocenters. The highest BCUT2D eigenvalue weighted by atomic mass is 16.2. The molecular weight excluding hydrogens is 292 g/mol. The minimum Gasteiger partial charge on any atom is -0.353 e. The van der Waals surface area contributed by atoms with Crippen molar-refractivity contribution in [2.24, 2.45) is 7.05 Å². The maximum atomic E-state index is 11.9. The number of hydrogen-bond donors (Lipinski definition) is 2. The molecule has 0 radical (unpaired) electrons. The Morgan fingerprint density at radius 3 is 2.78 bits per heavy atom. The van der Waals surface area contributed by atoms with E-state index in [1.54, 1.807) is 11.0 Å². The van der Waals surface area contributed by atoms with Gasteiger partial charge in [-0.3, -0.25) is 4.68 Å². The lowest BCUT2D eigenvalue weighted by Crippen LogP contribution is -2.31. The van der Waals surface area contributed by atoms with Crippen LogP contribution in [0.5, 0.6) is 0 Å². The highest BCUT2D eigenvalue weighted by Gasteiger charge is 2.06. The van der Waals surface area contributed by atoms with Crippen molar-refractivity contribution in [3.05, 3.63) is 55.1 Å². The molecule has 0 aliphatic carbocycles. The number of anilines is 1. The van der Waals surface area contributed by atoms with Crippen molar-refractivity contribution in [3.8, 4) is 11.4 Å². The van der Waals surface area contributed by atoms with E-state index in [2.05, 4.69) is 20.7 Å². The predicted octanol–water partition coefficient (Wildman–Crippen LogP) is 2.11. The Bertz CT molecular complexity index is 777. The Kier molecular flexibility index (Phi) is 4.37. The van der Waals surface area contributed by atoms with Crippen molar-refractivity contribution < 1.29 is 4.79 Å². The van der Waals surface area contributed by atoms with E-state index in [1.165, 1.54) is 0 Å². The summed E-state index contributed by atoms with van der Waals surface area (Å²) in [6.07, 6.45) is 5.56. The summed E-state index contributed by atoms with van der Waals surface area (Å²) < 4.78 is 3.65. The molecule has 3 rings (SSSR count). The molecule has 0 bridgehead atoms. The largest absolute Gasteiger partial charge is 0.353 e. The average molecular weight is 310 g/mol. The minimum absolute atomic E-state index is 0.233. The zero-order valence-corrected chi connectivity index (χ0v) is 12.8. The Morgan fingerprint density at radius 2 is 2.04 bits per heavy atom. The number of carbonyl (C=O) groups is 1. The van der Waals surface area contributed by atoms with Crippen molar-refractivity contribution in [2.45, 2.75) is 6.54 Å². The van der Waals surface area contributed by atoms with Gasteiger partial charge in [0.1, 0.15) is 6.33 Å². The van der Waals surface area contributed by atoms with Crippen LogP contribution in [-0.4, -0.2) is 31.9 Å². The predicted molar refractivity (Wildman–Crippen MR) is 87.9 cm³/mol. The van der Waals surface area contributed by atoms with Crippen molar-refractivity contribution in [3.63, 3.8) is 0 Å².